The molecule has 0 saturated heterocycles. The van der Waals surface area contributed by atoms with Crippen molar-refractivity contribution >= 4 is 23.2 Å². The maximum Gasteiger partial charge on any atom is 0.311 e. The van der Waals surface area contributed by atoms with Crippen LogP contribution in [-0.2, 0) is 13.1 Å². The molecule has 2 aliphatic heterocycles. The van der Waals surface area contributed by atoms with Crippen molar-refractivity contribution < 1.29 is 23.5 Å². The van der Waals surface area contributed by atoms with E-state index >= 15 is 0 Å². The van der Waals surface area contributed by atoms with Crippen molar-refractivity contribution in [2.24, 2.45) is 5.11 Å². The topological polar surface area (TPSA) is 46.1 Å². The lowest BCUT2D eigenvalue weighted by atomic mass is 9.97. The van der Waals surface area contributed by atoms with Gasteiger partial charge in [-0.1, -0.05) is 59.3 Å². The van der Waals surface area contributed by atoms with Gasteiger partial charge in [0.25, 0.3) is 6.73 Å². The Labute approximate surface area is 265 Å². The number of hydrogen-bond acceptors (Lipinski definition) is 5. The molecule has 4 aromatic carbocycles. The van der Waals surface area contributed by atoms with E-state index in [9.17, 15) is 0 Å². The van der Waals surface area contributed by atoms with E-state index in [1.54, 1.807) is 12.8 Å². The Morgan fingerprint density at radius 1 is 0.705 bits per heavy atom. The van der Waals surface area contributed by atoms with Gasteiger partial charge in [0.15, 0.2) is 12.3 Å². The molecule has 44 heavy (non-hydrogen) atoms. The quantitative estimate of drug-likeness (QED) is 0.217. The summed E-state index contributed by atoms with van der Waals surface area (Å²) in [6.07, 6.45) is 6.54. The van der Waals surface area contributed by atoms with Crippen molar-refractivity contribution in [2.75, 3.05) is 20.6 Å². The molecule has 1 fully saturated rings. The number of hydrogen-bond donors (Lipinski definition) is 0. The monoisotopic (exact) mass is 607 g/mol. The number of nitrogens with zero attached hydrogens (tertiary/aromatic N) is 3. The van der Waals surface area contributed by atoms with Gasteiger partial charge in [-0.2, -0.15) is 4.58 Å². The van der Waals surface area contributed by atoms with Crippen LogP contribution in [0, 0.1) is 13.8 Å². The predicted octanol–water partition coefficient (Wildman–Crippen LogP) is 9.06. The molecule has 3 aliphatic rings. The van der Waals surface area contributed by atoms with Gasteiger partial charge in [0.1, 0.15) is 22.9 Å². The van der Waals surface area contributed by atoms with Crippen molar-refractivity contribution in [1.82, 2.24) is 0 Å². The second kappa shape index (κ2) is 14.1. The number of azo groups is 2. The lowest BCUT2D eigenvalue weighted by Gasteiger charge is -2.22. The molecule has 0 aromatic heterocycles. The van der Waals surface area contributed by atoms with Crippen LogP contribution in [0.4, 0.5) is 5.69 Å². The molecule has 1 saturated carbocycles. The van der Waals surface area contributed by atoms with Crippen LogP contribution in [0.1, 0.15) is 54.4 Å². The SMILES string of the molecule is COc1cc(C)c2c(c1)C[N+](=Nc1ccccc1)CO2.Cc1cc(Sc2ccccc2)cc2c1OC[N+](=C1CCCCC1)C2. The van der Waals surface area contributed by atoms with Crippen LogP contribution in [0.15, 0.2) is 99.8 Å². The second-order valence-corrected chi connectivity index (χ2v) is 12.7. The highest BCUT2D eigenvalue weighted by Gasteiger charge is 2.26. The van der Waals surface area contributed by atoms with Crippen LogP contribution < -0.4 is 14.2 Å². The van der Waals surface area contributed by atoms with Crippen molar-refractivity contribution in [3.63, 3.8) is 0 Å². The highest BCUT2D eigenvalue weighted by molar-refractivity contribution is 7.99. The minimum atomic E-state index is 0.467. The molecule has 0 N–H and O–H groups in total. The molecule has 0 unspecified atom stereocenters. The summed E-state index contributed by atoms with van der Waals surface area (Å²) in [7, 11) is 1.68. The first kappa shape index (κ1) is 29.9. The first-order chi connectivity index (χ1) is 21.6. The van der Waals surface area contributed by atoms with Crippen LogP contribution in [0.5, 0.6) is 17.2 Å². The zero-order valence-electron chi connectivity index (χ0n) is 25.9. The Hall–Kier alpha value is -4.10. The van der Waals surface area contributed by atoms with E-state index in [0.29, 0.717) is 13.5 Å². The van der Waals surface area contributed by atoms with Gasteiger partial charge in [-0.25, -0.2) is 0 Å². The van der Waals surface area contributed by atoms with Gasteiger partial charge in [-0.15, -0.1) is 0 Å². The highest BCUT2D eigenvalue weighted by atomic mass is 32.2. The van der Waals surface area contributed by atoms with Gasteiger partial charge in [-0.3, -0.25) is 0 Å². The second-order valence-electron chi connectivity index (χ2n) is 11.5. The third kappa shape index (κ3) is 7.33. The molecule has 0 amide bonds. The van der Waals surface area contributed by atoms with E-state index in [4.69, 9.17) is 14.2 Å². The van der Waals surface area contributed by atoms with Crippen molar-refractivity contribution in [1.29, 1.82) is 0 Å². The molecule has 0 spiro atoms. The van der Waals surface area contributed by atoms with E-state index < -0.39 is 0 Å². The maximum atomic E-state index is 6.12. The molecule has 1 aliphatic carbocycles. The van der Waals surface area contributed by atoms with Crippen LogP contribution in [0.25, 0.3) is 0 Å². The van der Waals surface area contributed by atoms with Crippen LogP contribution in [-0.4, -0.2) is 35.6 Å². The summed E-state index contributed by atoms with van der Waals surface area (Å²) >= 11 is 1.83. The largest absolute Gasteiger partial charge is 0.497 e. The van der Waals surface area contributed by atoms with Gasteiger partial charge in [-0.05, 0) is 91.5 Å². The Morgan fingerprint density at radius 3 is 2.09 bits per heavy atom. The Morgan fingerprint density at radius 2 is 1.36 bits per heavy atom. The maximum absolute atomic E-state index is 6.12. The Balaban J connectivity index is 0.000000159. The summed E-state index contributed by atoms with van der Waals surface area (Å²) in [4.78, 5) is 2.59. The summed E-state index contributed by atoms with van der Waals surface area (Å²) in [6.45, 7) is 7.10. The minimum Gasteiger partial charge on any atom is -0.497 e. The lowest BCUT2D eigenvalue weighted by molar-refractivity contribution is -0.636. The number of methoxy groups -OCH3 is 1. The number of benzene rings is 4. The molecular formula is C37H41N3O3S+2. The van der Waals surface area contributed by atoms with Gasteiger partial charge in [0.05, 0.1) is 18.2 Å². The van der Waals surface area contributed by atoms with Crippen molar-refractivity contribution in [2.45, 2.75) is 68.8 Å². The van der Waals surface area contributed by atoms with Crippen LogP contribution in [0.2, 0.25) is 0 Å². The number of aryl methyl sites for hydroxylation is 2. The van der Waals surface area contributed by atoms with Gasteiger partial charge in [0.2, 0.25) is 6.54 Å². The molecule has 6 nitrogen and oxygen atoms in total. The molecule has 7 heteroatoms. The summed E-state index contributed by atoms with van der Waals surface area (Å²) < 4.78 is 21.6. The van der Waals surface area contributed by atoms with Gasteiger partial charge < -0.3 is 14.2 Å². The third-order valence-electron chi connectivity index (χ3n) is 8.19. The smallest absolute Gasteiger partial charge is 0.311 e. The third-order valence-corrected chi connectivity index (χ3v) is 9.17. The molecular weight excluding hydrogens is 566 g/mol. The van der Waals surface area contributed by atoms with E-state index in [1.807, 2.05) is 65.8 Å². The molecule has 2 heterocycles. The number of ether oxygens (including phenoxy) is 3. The summed E-state index contributed by atoms with van der Waals surface area (Å²) in [5.41, 5.74) is 7.30. The van der Waals surface area contributed by atoms with Crippen molar-refractivity contribution in [3.8, 4) is 17.2 Å². The summed E-state index contributed by atoms with van der Waals surface area (Å²) in [5.74, 6) is 2.90. The molecule has 0 atom stereocenters. The number of fused-ring (bicyclic) bond motifs is 2. The van der Waals surface area contributed by atoms with E-state index in [1.165, 1.54) is 53.0 Å². The zero-order valence-corrected chi connectivity index (χ0v) is 26.7. The average molecular weight is 608 g/mol. The fourth-order valence-corrected chi connectivity index (χ4v) is 7.05. The summed E-state index contributed by atoms with van der Waals surface area (Å²) in [6, 6.07) is 29.0. The molecule has 0 radical (unpaired) electrons. The molecule has 226 valence electrons. The number of rotatable bonds is 4. The van der Waals surface area contributed by atoms with Crippen LogP contribution in [0.3, 0.4) is 0 Å². The molecule has 7 rings (SSSR count). The average Bonchev–Trinajstić information content (AvgIpc) is 3.06. The fourth-order valence-electron chi connectivity index (χ4n) is 6.05. The fraction of sp³-hybridized carbons (Fsp3) is 0.324. The molecule has 4 aromatic rings. The first-order valence-electron chi connectivity index (χ1n) is 15.5. The van der Waals surface area contributed by atoms with Crippen LogP contribution >= 0.6 is 11.8 Å². The van der Waals surface area contributed by atoms with Gasteiger partial charge in [0, 0.05) is 22.6 Å². The minimum absolute atomic E-state index is 0.467. The normalized spacial score (nSPS) is 16.6. The summed E-state index contributed by atoms with van der Waals surface area (Å²) in [5, 5.41) is 4.57. The highest BCUT2D eigenvalue weighted by Crippen LogP contribution is 2.36. The first-order valence-corrected chi connectivity index (χ1v) is 16.3. The van der Waals surface area contributed by atoms with E-state index in [-0.39, 0.29) is 0 Å². The zero-order chi connectivity index (χ0) is 30.3. The Kier molecular flexibility index (Phi) is 9.61. The molecule has 0 bridgehead atoms. The van der Waals surface area contributed by atoms with Gasteiger partial charge >= 0.3 is 6.73 Å². The Bertz CT molecular complexity index is 1660. The van der Waals surface area contributed by atoms with E-state index in [2.05, 4.69) is 59.1 Å². The van der Waals surface area contributed by atoms with Crippen molar-refractivity contribution in [3.05, 3.63) is 107 Å². The predicted molar refractivity (Wildman–Crippen MR) is 175 cm³/mol. The standard InChI is InChI=1S/C21H24NOS.C16H17N2O2/c1-16-12-20(24-19-10-6-3-7-11-19)13-17-14-22(15-23-21(16)17)18-8-4-2-5-9-18;1-12-8-15(19-2)9-13-10-18(11-20-16(12)13)17-14-6-4-3-5-7-14/h3,6-7,10-13H,2,4-5,8-9,14-15H2,1H3;3-9H,10-11H2,1-2H3/q2*+1. The van der Waals surface area contributed by atoms with E-state index in [0.717, 1.165) is 47.2 Å². The lowest BCUT2D eigenvalue weighted by Crippen LogP contribution is -2.30.